The van der Waals surface area contributed by atoms with Crippen LogP contribution in [0.5, 0.6) is 34.5 Å². The molecular weight excluding hydrogens is 620 g/mol. The highest BCUT2D eigenvalue weighted by Gasteiger charge is 2.30. The van der Waals surface area contributed by atoms with Crippen LogP contribution in [-0.4, -0.2) is 50.7 Å². The third-order valence-corrected chi connectivity index (χ3v) is 7.35. The normalized spacial score (nSPS) is 11.5. The molecule has 0 aliphatic rings. The van der Waals surface area contributed by atoms with Gasteiger partial charge in [0.15, 0.2) is 23.0 Å². The van der Waals surface area contributed by atoms with E-state index in [0.717, 1.165) is 18.1 Å². The molecule has 228 valence electrons. The van der Waals surface area contributed by atoms with Gasteiger partial charge in [0.25, 0.3) is 0 Å². The maximum atomic E-state index is 12.5. The molecule has 0 aliphatic heterocycles. The average Bonchev–Trinajstić information content (AvgIpc) is 2.96. The lowest BCUT2D eigenvalue weighted by atomic mass is 9.96. The van der Waals surface area contributed by atoms with Crippen LogP contribution in [0, 0.1) is 0 Å². The second kappa shape index (κ2) is 13.0. The Morgan fingerprint density at radius 1 is 0.628 bits per heavy atom. The van der Waals surface area contributed by atoms with E-state index < -0.39 is 20.2 Å². The van der Waals surface area contributed by atoms with Crippen molar-refractivity contribution in [1.29, 1.82) is 0 Å². The molecule has 0 amide bonds. The van der Waals surface area contributed by atoms with Crippen LogP contribution in [0.15, 0.2) is 72.8 Å². The lowest BCUT2D eigenvalue weighted by molar-refractivity contribution is 0.284. The number of halogens is 1. The number of rotatable bonds is 12. The van der Waals surface area contributed by atoms with Gasteiger partial charge in [0.2, 0.25) is 0 Å². The van der Waals surface area contributed by atoms with Gasteiger partial charge >= 0.3 is 20.2 Å². The van der Waals surface area contributed by atoms with Gasteiger partial charge in [-0.25, -0.2) is 0 Å². The van der Waals surface area contributed by atoms with E-state index in [2.05, 4.69) is 0 Å². The van der Waals surface area contributed by atoms with Crippen LogP contribution in [-0.2, 0) is 26.8 Å². The Bertz CT molecular complexity index is 1820. The largest absolute Gasteiger partial charge is 0.494 e. The summed E-state index contributed by atoms with van der Waals surface area (Å²) in [7, 11) is -3.65. The summed E-state index contributed by atoms with van der Waals surface area (Å²) in [5.41, 5.74) is 2.26. The second-order valence-corrected chi connectivity index (χ2v) is 12.7. The quantitative estimate of drug-likeness (QED) is 0.170. The van der Waals surface area contributed by atoms with Crippen molar-refractivity contribution in [1.82, 2.24) is 0 Å². The molecule has 4 rings (SSSR count). The van der Waals surface area contributed by atoms with Crippen molar-refractivity contribution in [2.24, 2.45) is 0 Å². The van der Waals surface area contributed by atoms with Crippen molar-refractivity contribution in [2.45, 2.75) is 6.61 Å². The van der Waals surface area contributed by atoms with Gasteiger partial charge in [-0.3, -0.25) is 0 Å². The first-order valence-electron chi connectivity index (χ1n) is 12.6. The SMILES string of the molecule is COc1cc(-c2c(OC)c(Cl)c(-c3ccc(OS(C)(=O)=O)cc3)c(OC)c2OS(C)(=O)=O)ccc1OCc1ccccc1. The highest BCUT2D eigenvalue weighted by atomic mass is 35.5. The minimum atomic E-state index is -4.09. The van der Waals surface area contributed by atoms with Crippen LogP contribution in [0.1, 0.15) is 5.56 Å². The number of benzene rings is 4. The van der Waals surface area contributed by atoms with Gasteiger partial charge in [-0.1, -0.05) is 60.1 Å². The van der Waals surface area contributed by atoms with E-state index in [1.54, 1.807) is 18.2 Å². The van der Waals surface area contributed by atoms with Gasteiger partial charge in [-0.15, -0.1) is 0 Å². The monoisotopic (exact) mass is 648 g/mol. The average molecular weight is 649 g/mol. The molecule has 0 spiro atoms. The van der Waals surface area contributed by atoms with Crippen molar-refractivity contribution in [3.05, 3.63) is 83.4 Å². The zero-order valence-corrected chi connectivity index (χ0v) is 26.3. The minimum Gasteiger partial charge on any atom is -0.494 e. The van der Waals surface area contributed by atoms with Gasteiger partial charge < -0.3 is 27.3 Å². The van der Waals surface area contributed by atoms with Crippen LogP contribution in [0.2, 0.25) is 5.02 Å². The number of ether oxygens (including phenoxy) is 4. The predicted octanol–water partition coefficient (Wildman–Crippen LogP) is 5.96. The van der Waals surface area contributed by atoms with Gasteiger partial charge in [0.05, 0.1) is 50.0 Å². The first-order chi connectivity index (χ1) is 20.3. The molecule has 0 aromatic heterocycles. The Kier molecular flexibility index (Phi) is 9.63. The van der Waals surface area contributed by atoms with Crippen LogP contribution >= 0.6 is 11.6 Å². The maximum absolute atomic E-state index is 12.5. The van der Waals surface area contributed by atoms with Crippen molar-refractivity contribution in [3.63, 3.8) is 0 Å². The van der Waals surface area contributed by atoms with E-state index in [1.165, 1.54) is 45.6 Å². The number of hydrogen-bond donors (Lipinski definition) is 0. The van der Waals surface area contributed by atoms with Crippen molar-refractivity contribution < 1.29 is 44.1 Å². The minimum absolute atomic E-state index is 0.00798. The predicted molar refractivity (Wildman–Crippen MR) is 164 cm³/mol. The molecule has 4 aromatic carbocycles. The Morgan fingerprint density at radius 2 is 1.23 bits per heavy atom. The van der Waals surface area contributed by atoms with E-state index in [9.17, 15) is 16.8 Å². The Hall–Kier alpha value is -4.13. The number of methoxy groups -OCH3 is 3. The molecule has 4 aromatic rings. The van der Waals surface area contributed by atoms with Crippen molar-refractivity contribution in [3.8, 4) is 56.8 Å². The van der Waals surface area contributed by atoms with Gasteiger partial charge in [-0.2, -0.15) is 16.8 Å². The second-order valence-electron chi connectivity index (χ2n) is 9.20. The molecule has 13 heteroatoms. The fourth-order valence-electron chi connectivity index (χ4n) is 4.32. The van der Waals surface area contributed by atoms with Crippen LogP contribution in [0.4, 0.5) is 0 Å². The summed E-state index contributed by atoms with van der Waals surface area (Å²) < 4.78 is 81.4. The third kappa shape index (κ3) is 7.64. The van der Waals surface area contributed by atoms with E-state index >= 15 is 0 Å². The Balaban J connectivity index is 1.90. The molecule has 0 aliphatic carbocycles. The molecule has 0 unspecified atom stereocenters. The summed E-state index contributed by atoms with van der Waals surface area (Å²) >= 11 is 6.90. The van der Waals surface area contributed by atoms with Crippen molar-refractivity contribution in [2.75, 3.05) is 33.8 Å². The van der Waals surface area contributed by atoms with Crippen LogP contribution in [0.3, 0.4) is 0 Å². The summed E-state index contributed by atoms with van der Waals surface area (Å²) in [6.45, 7) is 0.296. The maximum Gasteiger partial charge on any atom is 0.306 e. The van der Waals surface area contributed by atoms with Gasteiger partial charge in [0.1, 0.15) is 18.1 Å². The van der Waals surface area contributed by atoms with E-state index in [4.69, 9.17) is 38.9 Å². The van der Waals surface area contributed by atoms with Gasteiger partial charge in [0, 0.05) is 0 Å². The molecule has 0 radical (unpaired) electrons. The first-order valence-corrected chi connectivity index (χ1v) is 16.6. The lowest BCUT2D eigenvalue weighted by Gasteiger charge is -2.23. The van der Waals surface area contributed by atoms with Crippen LogP contribution < -0.4 is 27.3 Å². The molecule has 0 saturated heterocycles. The van der Waals surface area contributed by atoms with E-state index in [0.29, 0.717) is 29.2 Å². The van der Waals surface area contributed by atoms with Crippen molar-refractivity contribution >= 4 is 31.8 Å². The molecule has 0 bridgehead atoms. The zero-order valence-electron chi connectivity index (χ0n) is 23.9. The number of hydrogen-bond acceptors (Lipinski definition) is 10. The zero-order chi connectivity index (χ0) is 31.4. The first kappa shape index (κ1) is 31.8. The Labute approximate surface area is 255 Å². The molecule has 0 N–H and O–H groups in total. The fourth-order valence-corrected chi connectivity index (χ4v) is 5.61. The summed E-state index contributed by atoms with van der Waals surface area (Å²) in [5.74, 6) is 0.781. The topological polar surface area (TPSA) is 124 Å². The standard InChI is InChI=1S/C30H29ClO10S2/c1-36-24-17-21(13-16-23(24)39-18-19-9-7-6-8-10-19)26-28(37-2)27(31)25(29(38-3)30(26)41-43(5,34)35)20-11-14-22(15-12-20)40-42(4,32)33/h6-17H,18H2,1-5H3. The Morgan fingerprint density at radius 3 is 1.79 bits per heavy atom. The summed E-state index contributed by atoms with van der Waals surface area (Å²) in [6.07, 6.45) is 1.82. The highest BCUT2D eigenvalue weighted by Crippen LogP contribution is 2.56. The van der Waals surface area contributed by atoms with E-state index in [1.807, 2.05) is 30.3 Å². The molecule has 10 nitrogen and oxygen atoms in total. The smallest absolute Gasteiger partial charge is 0.306 e. The highest BCUT2D eigenvalue weighted by molar-refractivity contribution is 7.86. The molecule has 0 heterocycles. The van der Waals surface area contributed by atoms with E-state index in [-0.39, 0.29) is 39.1 Å². The lowest BCUT2D eigenvalue weighted by Crippen LogP contribution is -2.10. The molecular formula is C30H29ClO10S2. The van der Waals surface area contributed by atoms with Crippen LogP contribution in [0.25, 0.3) is 22.3 Å². The van der Waals surface area contributed by atoms with Gasteiger partial charge in [-0.05, 0) is 41.0 Å². The molecule has 0 atom stereocenters. The summed E-state index contributed by atoms with van der Waals surface area (Å²) in [4.78, 5) is 0. The fraction of sp³-hybridized carbons (Fsp3) is 0.200. The molecule has 43 heavy (non-hydrogen) atoms. The molecule has 0 saturated carbocycles. The third-order valence-electron chi connectivity index (χ3n) is 6.03. The summed E-state index contributed by atoms with van der Waals surface area (Å²) in [5, 5.41) is 0.0790. The molecule has 0 fully saturated rings. The summed E-state index contributed by atoms with van der Waals surface area (Å²) in [6, 6.07) is 20.5.